The minimum Gasteiger partial charge on any atom is -0.458 e. The van der Waals surface area contributed by atoms with Crippen LogP contribution < -0.4 is 0 Å². The van der Waals surface area contributed by atoms with Gasteiger partial charge >= 0.3 is 5.97 Å². The zero-order valence-corrected chi connectivity index (χ0v) is 10.8. The molecule has 18 heavy (non-hydrogen) atoms. The van der Waals surface area contributed by atoms with Crippen molar-refractivity contribution in [1.82, 2.24) is 0 Å². The second-order valence-corrected chi connectivity index (χ2v) is 6.29. The molecule has 2 aliphatic carbocycles. The Bertz CT molecular complexity index is 439. The molecular weight excluding hydrogens is 228 g/mol. The molecule has 0 radical (unpaired) electrons. The molecule has 1 saturated heterocycles. The van der Waals surface area contributed by atoms with E-state index in [0.717, 1.165) is 25.7 Å². The van der Waals surface area contributed by atoms with Crippen molar-refractivity contribution in [2.75, 3.05) is 0 Å². The third-order valence-electron chi connectivity index (χ3n) is 5.34. The van der Waals surface area contributed by atoms with Crippen LogP contribution in [0.4, 0.5) is 0 Å². The van der Waals surface area contributed by atoms with Crippen molar-refractivity contribution in [1.29, 1.82) is 0 Å². The average molecular weight is 248 g/mol. The summed E-state index contributed by atoms with van der Waals surface area (Å²) in [6.45, 7) is 10.1. The van der Waals surface area contributed by atoms with Gasteiger partial charge in [-0.05, 0) is 31.6 Å². The molecule has 0 aromatic carbocycles. The highest BCUT2D eigenvalue weighted by Crippen LogP contribution is 2.56. The van der Waals surface area contributed by atoms with Gasteiger partial charge in [-0.15, -0.1) is 0 Å². The number of hydrogen-bond acceptors (Lipinski definition) is 3. The molecule has 1 N–H and O–H groups in total. The van der Waals surface area contributed by atoms with E-state index in [1.807, 2.05) is 0 Å². The van der Waals surface area contributed by atoms with Gasteiger partial charge < -0.3 is 9.84 Å². The zero-order chi connectivity index (χ0) is 13.1. The Morgan fingerprint density at radius 2 is 2.17 bits per heavy atom. The second-order valence-electron chi connectivity index (χ2n) is 6.29. The molecule has 0 amide bonds. The van der Waals surface area contributed by atoms with Crippen LogP contribution in [0.5, 0.6) is 0 Å². The number of fused-ring (bicyclic) bond motifs is 2. The first kappa shape index (κ1) is 12.0. The van der Waals surface area contributed by atoms with Crippen molar-refractivity contribution < 1.29 is 14.6 Å². The molecular formula is C15H20O3. The van der Waals surface area contributed by atoms with Gasteiger partial charge in [0.2, 0.25) is 0 Å². The highest BCUT2D eigenvalue weighted by molar-refractivity contribution is 5.90. The predicted octanol–water partition coefficient (Wildman–Crippen LogP) is 2.21. The number of esters is 1. The highest BCUT2D eigenvalue weighted by atomic mass is 16.6. The van der Waals surface area contributed by atoms with E-state index in [4.69, 9.17) is 4.74 Å². The van der Waals surface area contributed by atoms with Crippen LogP contribution in [0.2, 0.25) is 0 Å². The lowest BCUT2D eigenvalue weighted by atomic mass is 9.54. The van der Waals surface area contributed by atoms with E-state index in [2.05, 4.69) is 20.1 Å². The van der Waals surface area contributed by atoms with Gasteiger partial charge in [-0.1, -0.05) is 25.7 Å². The van der Waals surface area contributed by atoms with Gasteiger partial charge in [-0.25, -0.2) is 4.79 Å². The standard InChI is InChI=1S/C15H20O3/c1-8-4-5-13(16)15(3)7-12-10(6-11(8)15)9(2)14(17)18-12/h10-13,16H,1-2,4-7H2,3H3/t10-,11+,12+,13-,15+/m0/s1. The number of aliphatic hydroxyl groups is 1. The number of carbonyl (C=O) groups excluding carboxylic acids is 1. The maximum absolute atomic E-state index is 11.6. The van der Waals surface area contributed by atoms with Crippen molar-refractivity contribution in [3.05, 3.63) is 24.3 Å². The number of allylic oxidation sites excluding steroid dienone is 1. The highest BCUT2D eigenvalue weighted by Gasteiger charge is 2.55. The van der Waals surface area contributed by atoms with E-state index >= 15 is 0 Å². The average Bonchev–Trinajstić information content (AvgIpc) is 2.58. The molecule has 0 unspecified atom stereocenters. The summed E-state index contributed by atoms with van der Waals surface area (Å²) in [7, 11) is 0. The number of ether oxygens (including phenoxy) is 1. The fourth-order valence-electron chi connectivity index (χ4n) is 4.08. The van der Waals surface area contributed by atoms with Crippen LogP contribution >= 0.6 is 0 Å². The normalized spacial score (nSPS) is 47.6. The third-order valence-corrected chi connectivity index (χ3v) is 5.34. The first-order chi connectivity index (χ1) is 8.43. The van der Waals surface area contributed by atoms with Gasteiger partial charge in [-0.3, -0.25) is 0 Å². The molecule has 2 saturated carbocycles. The van der Waals surface area contributed by atoms with Gasteiger partial charge in [0, 0.05) is 16.9 Å². The summed E-state index contributed by atoms with van der Waals surface area (Å²) >= 11 is 0. The van der Waals surface area contributed by atoms with Crippen LogP contribution in [-0.2, 0) is 9.53 Å². The topological polar surface area (TPSA) is 46.5 Å². The molecule has 3 nitrogen and oxygen atoms in total. The largest absolute Gasteiger partial charge is 0.458 e. The molecule has 98 valence electrons. The van der Waals surface area contributed by atoms with E-state index in [9.17, 15) is 9.90 Å². The molecule has 0 spiro atoms. The fraction of sp³-hybridized carbons (Fsp3) is 0.667. The predicted molar refractivity (Wildman–Crippen MR) is 67.7 cm³/mol. The van der Waals surface area contributed by atoms with Crippen molar-refractivity contribution >= 4 is 5.97 Å². The summed E-state index contributed by atoms with van der Waals surface area (Å²) in [5.74, 6) is 0.152. The zero-order valence-electron chi connectivity index (χ0n) is 10.8. The molecule has 1 heterocycles. The number of aliphatic hydroxyl groups excluding tert-OH is 1. The van der Waals surface area contributed by atoms with Gasteiger partial charge in [0.25, 0.3) is 0 Å². The maximum atomic E-state index is 11.6. The number of hydrogen-bond donors (Lipinski definition) is 1. The van der Waals surface area contributed by atoms with E-state index in [1.165, 1.54) is 5.57 Å². The van der Waals surface area contributed by atoms with Gasteiger partial charge in [0.1, 0.15) is 6.10 Å². The Hall–Kier alpha value is -1.09. The molecule has 0 aromatic heterocycles. The summed E-state index contributed by atoms with van der Waals surface area (Å²) in [5, 5.41) is 10.3. The maximum Gasteiger partial charge on any atom is 0.334 e. The molecule has 0 bridgehead atoms. The number of carbonyl (C=O) groups is 1. The first-order valence-corrected chi connectivity index (χ1v) is 6.69. The van der Waals surface area contributed by atoms with Gasteiger partial charge in [0.15, 0.2) is 0 Å². The molecule has 0 aromatic rings. The molecule has 1 aliphatic heterocycles. The Labute approximate surface area is 108 Å². The second kappa shape index (κ2) is 3.70. The van der Waals surface area contributed by atoms with Crippen LogP contribution in [0.3, 0.4) is 0 Å². The number of rotatable bonds is 0. The van der Waals surface area contributed by atoms with Crippen molar-refractivity contribution in [2.24, 2.45) is 17.3 Å². The van der Waals surface area contributed by atoms with Crippen LogP contribution in [0.1, 0.15) is 32.6 Å². The summed E-state index contributed by atoms with van der Waals surface area (Å²) in [4.78, 5) is 11.6. The van der Waals surface area contributed by atoms with Crippen LogP contribution in [0.25, 0.3) is 0 Å². The fourth-order valence-corrected chi connectivity index (χ4v) is 4.08. The van der Waals surface area contributed by atoms with Crippen molar-refractivity contribution in [2.45, 2.75) is 44.8 Å². The molecule has 3 heteroatoms. The summed E-state index contributed by atoms with van der Waals surface area (Å²) in [6, 6.07) is 0. The monoisotopic (exact) mass is 248 g/mol. The molecule has 5 atom stereocenters. The van der Waals surface area contributed by atoms with E-state index in [1.54, 1.807) is 0 Å². The van der Waals surface area contributed by atoms with Crippen molar-refractivity contribution in [3.63, 3.8) is 0 Å². The molecule has 3 rings (SSSR count). The first-order valence-electron chi connectivity index (χ1n) is 6.69. The Balaban J connectivity index is 1.94. The van der Waals surface area contributed by atoms with Crippen LogP contribution in [0, 0.1) is 17.3 Å². The van der Waals surface area contributed by atoms with Gasteiger partial charge in [-0.2, -0.15) is 0 Å². The molecule has 3 aliphatic rings. The molecule has 3 fully saturated rings. The SMILES string of the molecule is C=C1CC[C@H](O)[C@]2(C)C[C@H]3OC(=O)C(=C)[C@@H]3C[C@H]12. The van der Waals surface area contributed by atoms with Crippen LogP contribution in [-0.4, -0.2) is 23.3 Å². The Kier molecular flexibility index (Phi) is 2.46. The quantitative estimate of drug-likeness (QED) is 0.406. The minimum absolute atomic E-state index is 0.0909. The van der Waals surface area contributed by atoms with Crippen molar-refractivity contribution in [3.8, 4) is 0 Å². The van der Waals surface area contributed by atoms with E-state index in [-0.39, 0.29) is 35.4 Å². The minimum atomic E-state index is -0.318. The summed E-state index contributed by atoms with van der Waals surface area (Å²) in [5.41, 5.74) is 1.63. The lowest BCUT2D eigenvalue weighted by molar-refractivity contribution is -0.145. The van der Waals surface area contributed by atoms with Gasteiger partial charge in [0.05, 0.1) is 6.10 Å². The summed E-state index contributed by atoms with van der Waals surface area (Å²) < 4.78 is 5.40. The Morgan fingerprint density at radius 1 is 1.44 bits per heavy atom. The lowest BCUT2D eigenvalue weighted by Gasteiger charge is -2.51. The lowest BCUT2D eigenvalue weighted by Crippen LogP contribution is -2.50. The van der Waals surface area contributed by atoms with E-state index in [0.29, 0.717) is 5.57 Å². The Morgan fingerprint density at radius 3 is 2.89 bits per heavy atom. The third kappa shape index (κ3) is 1.43. The smallest absolute Gasteiger partial charge is 0.334 e. The summed E-state index contributed by atoms with van der Waals surface area (Å²) in [6.07, 6.45) is 2.83. The van der Waals surface area contributed by atoms with Crippen LogP contribution in [0.15, 0.2) is 24.3 Å². The van der Waals surface area contributed by atoms with E-state index < -0.39 is 0 Å².